The molecule has 1 amide bonds. The molecule has 0 spiro atoms. The van der Waals surface area contributed by atoms with E-state index in [1.165, 1.54) is 35.6 Å². The van der Waals surface area contributed by atoms with Gasteiger partial charge in [-0.3, -0.25) is 4.79 Å². The second-order valence-corrected chi connectivity index (χ2v) is 11.6. The van der Waals surface area contributed by atoms with Crippen molar-refractivity contribution in [2.45, 2.75) is 57.9 Å². The standard InChI is InChI=1S/C27H37N3O5S2/c1-5-8-17-29(18-9-6-2)37(32,33)22-15-13-21(14-16-22)26(31)28-27-30(19-20-34-4)25-23(35-7-3)11-10-12-24(25)36-27/h10-16H,5-9,17-20H2,1-4H3. The predicted octanol–water partition coefficient (Wildman–Crippen LogP) is 5.08. The van der Waals surface area contributed by atoms with E-state index in [4.69, 9.17) is 9.47 Å². The Morgan fingerprint density at radius 1 is 1.03 bits per heavy atom. The summed E-state index contributed by atoms with van der Waals surface area (Å²) >= 11 is 1.40. The highest BCUT2D eigenvalue weighted by Crippen LogP contribution is 2.28. The Kier molecular flexibility index (Phi) is 10.9. The van der Waals surface area contributed by atoms with Crippen LogP contribution in [0.15, 0.2) is 52.4 Å². The van der Waals surface area contributed by atoms with Gasteiger partial charge in [-0.05, 0) is 56.2 Å². The molecule has 3 aromatic rings. The van der Waals surface area contributed by atoms with Crippen LogP contribution in [0.4, 0.5) is 0 Å². The molecule has 10 heteroatoms. The first-order chi connectivity index (χ1) is 17.9. The fraction of sp³-hybridized carbons (Fsp3) is 0.481. The zero-order valence-electron chi connectivity index (χ0n) is 22.1. The summed E-state index contributed by atoms with van der Waals surface area (Å²) < 4.78 is 42.0. The minimum atomic E-state index is -3.63. The number of para-hydroxylation sites is 1. The molecule has 37 heavy (non-hydrogen) atoms. The van der Waals surface area contributed by atoms with Crippen molar-refractivity contribution in [3.8, 4) is 5.75 Å². The van der Waals surface area contributed by atoms with Crippen molar-refractivity contribution >= 4 is 37.5 Å². The lowest BCUT2D eigenvalue weighted by Crippen LogP contribution is -2.33. The summed E-state index contributed by atoms with van der Waals surface area (Å²) in [6.45, 7) is 8.48. The number of methoxy groups -OCH3 is 1. The van der Waals surface area contributed by atoms with Gasteiger partial charge in [-0.2, -0.15) is 9.30 Å². The average Bonchev–Trinajstić information content (AvgIpc) is 3.25. The number of unbranched alkanes of at least 4 members (excludes halogenated alkanes) is 2. The first kappa shape index (κ1) is 29.0. The van der Waals surface area contributed by atoms with Crippen LogP contribution in [0.2, 0.25) is 0 Å². The number of rotatable bonds is 14. The van der Waals surface area contributed by atoms with E-state index < -0.39 is 15.9 Å². The smallest absolute Gasteiger partial charge is 0.279 e. The van der Waals surface area contributed by atoms with Crippen LogP contribution in [0.25, 0.3) is 10.2 Å². The molecule has 0 unspecified atom stereocenters. The van der Waals surface area contributed by atoms with Crippen molar-refractivity contribution in [3.63, 3.8) is 0 Å². The fourth-order valence-corrected chi connectivity index (χ4v) is 6.53. The molecule has 1 heterocycles. The summed E-state index contributed by atoms with van der Waals surface area (Å²) in [5, 5.41) is 0. The van der Waals surface area contributed by atoms with E-state index in [0.717, 1.165) is 41.6 Å². The molecule has 0 saturated carbocycles. The van der Waals surface area contributed by atoms with E-state index in [9.17, 15) is 13.2 Å². The van der Waals surface area contributed by atoms with Crippen LogP contribution in [0, 0.1) is 0 Å². The molecule has 0 N–H and O–H groups in total. The van der Waals surface area contributed by atoms with Gasteiger partial charge in [0.25, 0.3) is 5.91 Å². The van der Waals surface area contributed by atoms with Gasteiger partial charge in [0, 0.05) is 32.3 Å². The number of hydrogen-bond acceptors (Lipinski definition) is 6. The third-order valence-corrected chi connectivity index (χ3v) is 8.90. The number of hydrogen-bond donors (Lipinski definition) is 0. The number of carbonyl (C=O) groups excluding carboxylic acids is 1. The Hall–Kier alpha value is -2.53. The highest BCUT2D eigenvalue weighted by atomic mass is 32.2. The third kappa shape index (κ3) is 7.07. The summed E-state index contributed by atoms with van der Waals surface area (Å²) in [6.07, 6.45) is 3.45. The molecule has 202 valence electrons. The molecule has 1 aromatic heterocycles. The summed E-state index contributed by atoms with van der Waals surface area (Å²) in [7, 11) is -2.00. The molecule has 0 bridgehead atoms. The van der Waals surface area contributed by atoms with Crippen molar-refractivity contribution in [3.05, 3.63) is 52.8 Å². The summed E-state index contributed by atoms with van der Waals surface area (Å²) in [5.74, 6) is 0.292. The molecule has 0 saturated heterocycles. The number of fused-ring (bicyclic) bond motifs is 1. The van der Waals surface area contributed by atoms with E-state index in [2.05, 4.69) is 4.99 Å². The molecular weight excluding hydrogens is 510 g/mol. The second kappa shape index (κ2) is 13.9. The zero-order valence-corrected chi connectivity index (χ0v) is 23.7. The van der Waals surface area contributed by atoms with E-state index in [-0.39, 0.29) is 4.90 Å². The molecule has 0 aliphatic heterocycles. The van der Waals surface area contributed by atoms with Crippen molar-refractivity contribution in [2.24, 2.45) is 4.99 Å². The monoisotopic (exact) mass is 547 g/mol. The van der Waals surface area contributed by atoms with Gasteiger partial charge in [-0.1, -0.05) is 44.1 Å². The topological polar surface area (TPSA) is 90.2 Å². The van der Waals surface area contributed by atoms with Crippen LogP contribution in [0.1, 0.15) is 56.8 Å². The number of thiazole rings is 1. The quantitative estimate of drug-likeness (QED) is 0.281. The van der Waals surface area contributed by atoms with Gasteiger partial charge in [0.1, 0.15) is 11.3 Å². The van der Waals surface area contributed by atoms with Crippen LogP contribution in [-0.2, 0) is 21.3 Å². The number of ether oxygens (including phenoxy) is 2. The molecule has 0 radical (unpaired) electrons. The summed E-state index contributed by atoms with van der Waals surface area (Å²) in [4.78, 5) is 18.2. The van der Waals surface area contributed by atoms with Crippen molar-refractivity contribution in [1.82, 2.24) is 8.87 Å². The zero-order chi connectivity index (χ0) is 26.8. The largest absolute Gasteiger partial charge is 0.492 e. The first-order valence-electron chi connectivity index (χ1n) is 12.8. The number of aromatic nitrogens is 1. The van der Waals surface area contributed by atoms with E-state index >= 15 is 0 Å². The maximum absolute atomic E-state index is 13.2. The Labute approximate surface area is 223 Å². The Morgan fingerprint density at radius 2 is 1.70 bits per heavy atom. The first-order valence-corrected chi connectivity index (χ1v) is 15.1. The van der Waals surface area contributed by atoms with Crippen molar-refractivity contribution in [1.29, 1.82) is 0 Å². The van der Waals surface area contributed by atoms with Gasteiger partial charge in [-0.15, -0.1) is 0 Å². The van der Waals surface area contributed by atoms with E-state index in [1.54, 1.807) is 11.4 Å². The number of sulfonamides is 1. The van der Waals surface area contributed by atoms with Gasteiger partial charge in [-0.25, -0.2) is 8.42 Å². The summed E-state index contributed by atoms with van der Waals surface area (Å²) in [5.41, 5.74) is 1.20. The number of nitrogens with zero attached hydrogens (tertiary/aromatic N) is 3. The van der Waals surface area contributed by atoms with Crippen molar-refractivity contribution < 1.29 is 22.7 Å². The Morgan fingerprint density at radius 3 is 2.30 bits per heavy atom. The number of carbonyl (C=O) groups is 1. The van der Waals surface area contributed by atoms with Crippen LogP contribution < -0.4 is 9.54 Å². The predicted molar refractivity (Wildman–Crippen MR) is 148 cm³/mol. The highest BCUT2D eigenvalue weighted by molar-refractivity contribution is 7.89. The van der Waals surface area contributed by atoms with Crippen LogP contribution in [0.3, 0.4) is 0 Å². The minimum Gasteiger partial charge on any atom is -0.492 e. The molecule has 8 nitrogen and oxygen atoms in total. The number of amides is 1. The molecule has 3 rings (SSSR count). The van der Waals surface area contributed by atoms with E-state index in [0.29, 0.717) is 43.2 Å². The lowest BCUT2D eigenvalue weighted by atomic mass is 10.2. The second-order valence-electron chi connectivity index (χ2n) is 8.62. The minimum absolute atomic E-state index is 0.189. The molecule has 0 aliphatic carbocycles. The molecule has 0 atom stereocenters. The Bertz CT molecular complexity index is 1340. The van der Waals surface area contributed by atoms with Gasteiger partial charge in [0.05, 0.1) is 22.8 Å². The lowest BCUT2D eigenvalue weighted by Gasteiger charge is -2.22. The normalized spacial score (nSPS) is 12.5. The van der Waals surface area contributed by atoms with Gasteiger partial charge in [0.15, 0.2) is 4.80 Å². The fourth-order valence-electron chi connectivity index (χ4n) is 3.94. The van der Waals surface area contributed by atoms with E-state index in [1.807, 2.05) is 43.5 Å². The lowest BCUT2D eigenvalue weighted by molar-refractivity contribution is 0.0997. The SMILES string of the molecule is CCCCN(CCCC)S(=O)(=O)c1ccc(C(=O)N=c2sc3cccc(OCC)c3n2CCOC)cc1. The third-order valence-electron chi connectivity index (χ3n) is 5.94. The number of benzene rings is 2. The molecule has 2 aromatic carbocycles. The van der Waals surface area contributed by atoms with Crippen LogP contribution >= 0.6 is 11.3 Å². The van der Waals surface area contributed by atoms with Gasteiger partial charge < -0.3 is 14.0 Å². The maximum atomic E-state index is 13.2. The highest BCUT2D eigenvalue weighted by Gasteiger charge is 2.24. The molecule has 0 aliphatic rings. The van der Waals surface area contributed by atoms with Gasteiger partial charge in [0.2, 0.25) is 10.0 Å². The van der Waals surface area contributed by atoms with Crippen LogP contribution in [0.5, 0.6) is 5.75 Å². The Balaban J connectivity index is 1.94. The van der Waals surface area contributed by atoms with Gasteiger partial charge >= 0.3 is 0 Å². The maximum Gasteiger partial charge on any atom is 0.279 e. The van der Waals surface area contributed by atoms with Crippen molar-refractivity contribution in [2.75, 3.05) is 33.4 Å². The average molecular weight is 548 g/mol. The van der Waals surface area contributed by atoms with Crippen LogP contribution in [-0.4, -0.2) is 56.6 Å². The summed E-state index contributed by atoms with van der Waals surface area (Å²) in [6, 6.07) is 11.9. The molecular formula is C27H37N3O5S2. The molecule has 0 fully saturated rings.